The van der Waals surface area contributed by atoms with E-state index in [4.69, 9.17) is 9.47 Å². The highest BCUT2D eigenvalue weighted by atomic mass is 19.1. The number of likely N-dealkylation sites (N-methyl/N-ethyl adjacent to an activating group) is 1. The minimum Gasteiger partial charge on any atom is -0.457 e. The molecule has 0 saturated heterocycles. The predicted octanol–water partition coefficient (Wildman–Crippen LogP) is 6.34. The van der Waals surface area contributed by atoms with Crippen LogP contribution in [0.3, 0.4) is 0 Å². The number of hydrogen-bond acceptors (Lipinski definition) is 6. The molecule has 2 aromatic heterocycles. The van der Waals surface area contributed by atoms with E-state index < -0.39 is 11.7 Å². The number of pyridine rings is 1. The van der Waals surface area contributed by atoms with Gasteiger partial charge in [0.1, 0.15) is 28.4 Å². The first kappa shape index (κ1) is 23.6. The van der Waals surface area contributed by atoms with E-state index in [0.717, 1.165) is 11.8 Å². The van der Waals surface area contributed by atoms with Crippen LogP contribution in [0.5, 0.6) is 23.0 Å². The molecule has 0 radical (unpaired) electrons. The number of carbonyl (C=O) groups excluding carboxylic acids is 1. The Bertz CT molecular complexity index is 1570. The van der Waals surface area contributed by atoms with Crippen LogP contribution in [0, 0.1) is 0 Å². The zero-order valence-corrected chi connectivity index (χ0v) is 19.7. The molecule has 3 aromatic carbocycles. The number of halogens is 1. The number of nitrogens with zero attached hydrogens (tertiary/aromatic N) is 2. The van der Waals surface area contributed by atoms with Gasteiger partial charge < -0.3 is 20.1 Å². The fraction of sp³-hybridized carbons (Fsp3) is 0.0357. The number of amides is 1. The first-order valence-electron chi connectivity index (χ1n) is 11.4. The zero-order chi connectivity index (χ0) is 25.6. The van der Waals surface area contributed by atoms with Crippen molar-refractivity contribution < 1.29 is 18.7 Å². The van der Waals surface area contributed by atoms with Crippen LogP contribution in [-0.2, 0) is 4.79 Å². The van der Waals surface area contributed by atoms with Crippen molar-refractivity contribution in [3.63, 3.8) is 0 Å². The molecular formula is C28H22FN5O3. The normalized spacial score (nSPS) is 11.2. The van der Waals surface area contributed by atoms with E-state index in [1.54, 1.807) is 36.5 Å². The minimum atomic E-state index is -0.884. The van der Waals surface area contributed by atoms with Crippen LogP contribution in [0.1, 0.15) is 5.56 Å². The number of aromatic amines is 1. The molecule has 0 fully saturated rings. The van der Waals surface area contributed by atoms with E-state index in [1.807, 2.05) is 54.6 Å². The van der Waals surface area contributed by atoms with Crippen molar-refractivity contribution in [3.8, 4) is 23.0 Å². The Morgan fingerprint density at radius 2 is 1.65 bits per heavy atom. The van der Waals surface area contributed by atoms with Crippen LogP contribution >= 0.6 is 0 Å². The largest absolute Gasteiger partial charge is 0.457 e. The lowest BCUT2D eigenvalue weighted by atomic mass is 10.1. The highest BCUT2D eigenvalue weighted by Crippen LogP contribution is 2.35. The number of aromatic nitrogens is 3. The Morgan fingerprint density at radius 1 is 0.919 bits per heavy atom. The molecule has 37 heavy (non-hydrogen) atoms. The molecule has 0 spiro atoms. The lowest BCUT2D eigenvalue weighted by Gasteiger charge is -2.10. The lowest BCUT2D eigenvalue weighted by molar-refractivity contribution is -0.118. The fourth-order valence-corrected chi connectivity index (χ4v) is 3.60. The van der Waals surface area contributed by atoms with Crippen LogP contribution in [0.15, 0.2) is 97.0 Å². The van der Waals surface area contributed by atoms with Crippen molar-refractivity contribution in [3.05, 3.63) is 103 Å². The van der Waals surface area contributed by atoms with Gasteiger partial charge in [-0.1, -0.05) is 30.3 Å². The highest BCUT2D eigenvalue weighted by Gasteiger charge is 2.14. The molecule has 0 aliphatic heterocycles. The molecule has 1 amide bonds. The van der Waals surface area contributed by atoms with Gasteiger partial charge in [0.25, 0.3) is 5.91 Å². The number of hydrogen-bond donors (Lipinski definition) is 3. The van der Waals surface area contributed by atoms with Crippen molar-refractivity contribution in [2.24, 2.45) is 0 Å². The summed E-state index contributed by atoms with van der Waals surface area (Å²) in [7, 11) is 1.37. The van der Waals surface area contributed by atoms with E-state index in [0.29, 0.717) is 45.4 Å². The van der Waals surface area contributed by atoms with E-state index >= 15 is 0 Å². The van der Waals surface area contributed by atoms with Gasteiger partial charge in [-0.2, -0.15) is 5.10 Å². The Kier molecular flexibility index (Phi) is 6.76. The van der Waals surface area contributed by atoms with E-state index in [-0.39, 0.29) is 0 Å². The number of benzene rings is 3. The molecule has 2 heterocycles. The average Bonchev–Trinajstić information content (AvgIpc) is 3.33. The third-order valence-corrected chi connectivity index (χ3v) is 5.34. The molecule has 9 heteroatoms. The van der Waals surface area contributed by atoms with Gasteiger partial charge in [0, 0.05) is 25.0 Å². The third-order valence-electron chi connectivity index (χ3n) is 5.34. The molecule has 0 aliphatic carbocycles. The van der Waals surface area contributed by atoms with Crippen LogP contribution < -0.4 is 20.1 Å². The minimum absolute atomic E-state index is 0.482. The Balaban J connectivity index is 1.37. The topological polar surface area (TPSA) is 101 Å². The number of fused-ring (bicyclic) bond motifs is 1. The summed E-state index contributed by atoms with van der Waals surface area (Å²) in [4.78, 5) is 15.8. The molecule has 184 valence electrons. The summed E-state index contributed by atoms with van der Waals surface area (Å²) in [6.07, 6.45) is 2.79. The summed E-state index contributed by atoms with van der Waals surface area (Å²) in [5.74, 6) is 1.39. The lowest BCUT2D eigenvalue weighted by Crippen LogP contribution is -2.17. The molecular weight excluding hydrogens is 473 g/mol. The monoisotopic (exact) mass is 495 g/mol. The number of carbonyl (C=O) groups is 1. The summed E-state index contributed by atoms with van der Waals surface area (Å²) in [5.41, 5.74) is 1.69. The van der Waals surface area contributed by atoms with Crippen LogP contribution in [-0.4, -0.2) is 28.1 Å². The van der Waals surface area contributed by atoms with Gasteiger partial charge in [-0.05, 0) is 60.2 Å². The number of H-pyrrole nitrogens is 1. The Labute approximate surface area is 211 Å². The highest BCUT2D eigenvalue weighted by molar-refractivity contribution is 5.96. The maximum absolute atomic E-state index is 14.0. The molecule has 3 N–H and O–H groups in total. The van der Waals surface area contributed by atoms with Crippen LogP contribution in [0.4, 0.5) is 15.9 Å². The molecule has 0 saturated carbocycles. The third kappa shape index (κ3) is 5.57. The second kappa shape index (κ2) is 10.6. The molecule has 0 bridgehead atoms. The summed E-state index contributed by atoms with van der Waals surface area (Å²) >= 11 is 0. The van der Waals surface area contributed by atoms with Crippen molar-refractivity contribution >= 4 is 34.5 Å². The van der Waals surface area contributed by atoms with Gasteiger partial charge in [0.2, 0.25) is 0 Å². The molecule has 0 unspecified atom stereocenters. The maximum Gasteiger partial charge on any atom is 0.279 e. The number of nitrogens with one attached hydrogen (secondary N) is 3. The summed E-state index contributed by atoms with van der Waals surface area (Å²) in [6.45, 7) is 0. The molecule has 5 aromatic rings. The van der Waals surface area contributed by atoms with Gasteiger partial charge in [-0.15, -0.1) is 0 Å². The second-order valence-electron chi connectivity index (χ2n) is 7.92. The van der Waals surface area contributed by atoms with Crippen molar-refractivity contribution in [2.45, 2.75) is 0 Å². The molecule has 8 nitrogen and oxygen atoms in total. The standard InChI is InChI=1S/C28H22FN5O3/c1-30-28(35)23(29)17-18-6-5-7-19(16-18)32-27-25-24(14-15-31-26(25)33-34-27)37-22-12-10-21(11-13-22)36-20-8-3-2-4-9-20/h2-17H,1H3,(H,30,35)(H2,31,32,33,34)/b23-17-. The molecule has 5 rings (SSSR count). The van der Waals surface area contributed by atoms with E-state index in [1.165, 1.54) is 7.05 Å². The fourth-order valence-electron chi connectivity index (χ4n) is 3.60. The van der Waals surface area contributed by atoms with Crippen LogP contribution in [0.25, 0.3) is 17.1 Å². The summed E-state index contributed by atoms with van der Waals surface area (Å²) in [5, 5.41) is 13.3. The molecule has 0 aliphatic rings. The van der Waals surface area contributed by atoms with Crippen molar-refractivity contribution in [2.75, 3.05) is 12.4 Å². The van der Waals surface area contributed by atoms with E-state index in [2.05, 4.69) is 25.8 Å². The summed E-state index contributed by atoms with van der Waals surface area (Å²) in [6, 6.07) is 25.5. The quantitative estimate of drug-likeness (QED) is 0.217. The number of rotatable bonds is 8. The van der Waals surface area contributed by atoms with Gasteiger partial charge in [0.15, 0.2) is 17.3 Å². The number of anilines is 2. The van der Waals surface area contributed by atoms with Crippen molar-refractivity contribution in [1.82, 2.24) is 20.5 Å². The van der Waals surface area contributed by atoms with Crippen LogP contribution in [0.2, 0.25) is 0 Å². The number of ether oxygens (including phenoxy) is 2. The average molecular weight is 496 g/mol. The predicted molar refractivity (Wildman–Crippen MR) is 140 cm³/mol. The van der Waals surface area contributed by atoms with Crippen molar-refractivity contribution in [1.29, 1.82) is 0 Å². The molecule has 0 atom stereocenters. The van der Waals surface area contributed by atoms with E-state index in [9.17, 15) is 9.18 Å². The Hall–Kier alpha value is -5.18. The first-order valence-corrected chi connectivity index (χ1v) is 11.4. The Morgan fingerprint density at radius 3 is 2.41 bits per heavy atom. The van der Waals surface area contributed by atoms with Gasteiger partial charge >= 0.3 is 0 Å². The first-order chi connectivity index (χ1) is 18.1. The smallest absolute Gasteiger partial charge is 0.279 e. The maximum atomic E-state index is 14.0. The second-order valence-corrected chi connectivity index (χ2v) is 7.92. The SMILES string of the molecule is CNC(=O)/C(F)=C/c1cccc(Nc2n[nH]c3nccc(Oc4ccc(Oc5ccccc5)cc4)c23)c1. The summed E-state index contributed by atoms with van der Waals surface area (Å²) < 4.78 is 26.0. The van der Waals surface area contributed by atoms with Gasteiger partial charge in [-0.3, -0.25) is 9.89 Å². The zero-order valence-electron chi connectivity index (χ0n) is 19.7. The van der Waals surface area contributed by atoms with Gasteiger partial charge in [0.05, 0.1) is 0 Å². The number of para-hydroxylation sites is 1. The van der Waals surface area contributed by atoms with Gasteiger partial charge in [-0.25, -0.2) is 9.37 Å².